The van der Waals surface area contributed by atoms with Gasteiger partial charge in [0.1, 0.15) is 0 Å². The third kappa shape index (κ3) is 2.82. The fraction of sp³-hybridized carbons (Fsp3) is 0.571. The van der Waals surface area contributed by atoms with Crippen LogP contribution in [0, 0.1) is 5.92 Å². The number of nitrogens with one attached hydrogen (secondary N) is 1. The molecule has 1 aliphatic carbocycles. The van der Waals surface area contributed by atoms with Crippen LogP contribution in [0.2, 0.25) is 0 Å². The monoisotopic (exact) mass is 203 g/mol. The molecule has 2 rings (SSSR count). The second-order valence-electron chi connectivity index (χ2n) is 4.98. The minimum absolute atomic E-state index is 0.736. The van der Waals surface area contributed by atoms with Gasteiger partial charge in [0.25, 0.3) is 0 Å². The molecule has 0 aromatic heterocycles. The number of fused-ring (bicyclic) bond motifs is 1. The smallest absolute Gasteiger partial charge is 0.0205 e. The highest BCUT2D eigenvalue weighted by molar-refractivity contribution is 5.35. The topological polar surface area (TPSA) is 12.0 Å². The molecule has 1 nitrogen and oxygen atoms in total. The Morgan fingerprint density at radius 3 is 2.80 bits per heavy atom. The van der Waals surface area contributed by atoms with E-state index in [0.717, 1.165) is 19.0 Å². The lowest BCUT2D eigenvalue weighted by molar-refractivity contribution is 0.552. The predicted molar refractivity (Wildman–Crippen MR) is 65.0 cm³/mol. The molecule has 1 N–H and O–H groups in total. The lowest BCUT2D eigenvalue weighted by atomic mass is 10.1. The van der Waals surface area contributed by atoms with Crippen molar-refractivity contribution in [3.05, 3.63) is 34.9 Å². The number of hydrogen-bond acceptors (Lipinski definition) is 1. The molecule has 1 aromatic rings. The van der Waals surface area contributed by atoms with Crippen molar-refractivity contribution in [2.75, 3.05) is 6.54 Å². The number of hydrogen-bond donors (Lipinski definition) is 1. The quantitative estimate of drug-likeness (QED) is 0.793. The first-order valence-electron chi connectivity index (χ1n) is 6.07. The van der Waals surface area contributed by atoms with E-state index in [4.69, 9.17) is 0 Å². The first-order valence-corrected chi connectivity index (χ1v) is 6.07. The van der Waals surface area contributed by atoms with Gasteiger partial charge in [-0.05, 0) is 48.4 Å². The molecule has 0 spiro atoms. The standard InChI is InChI=1S/C14H21N/c1-11(2)9-15-10-12-6-7-13-4-3-5-14(13)8-12/h6-8,11,15H,3-5,9-10H2,1-2H3. The summed E-state index contributed by atoms with van der Waals surface area (Å²) in [6.45, 7) is 6.62. The molecule has 0 heterocycles. The molecule has 0 aliphatic heterocycles. The Labute approximate surface area is 92.9 Å². The number of aryl methyl sites for hydroxylation is 2. The summed E-state index contributed by atoms with van der Waals surface area (Å²) in [4.78, 5) is 0. The molecule has 15 heavy (non-hydrogen) atoms. The van der Waals surface area contributed by atoms with Gasteiger partial charge in [0, 0.05) is 6.54 Å². The molecule has 82 valence electrons. The van der Waals surface area contributed by atoms with Gasteiger partial charge in [0.05, 0.1) is 0 Å². The van der Waals surface area contributed by atoms with Crippen molar-refractivity contribution in [3.8, 4) is 0 Å². The van der Waals surface area contributed by atoms with E-state index < -0.39 is 0 Å². The van der Waals surface area contributed by atoms with Gasteiger partial charge < -0.3 is 5.32 Å². The van der Waals surface area contributed by atoms with Gasteiger partial charge in [-0.2, -0.15) is 0 Å². The molecular formula is C14H21N. The van der Waals surface area contributed by atoms with Crippen LogP contribution in [0.1, 0.15) is 37.0 Å². The molecule has 0 unspecified atom stereocenters. The average Bonchev–Trinajstić information content (AvgIpc) is 2.64. The maximum atomic E-state index is 3.49. The van der Waals surface area contributed by atoms with Crippen molar-refractivity contribution in [1.29, 1.82) is 0 Å². The third-order valence-electron chi connectivity index (χ3n) is 3.04. The van der Waals surface area contributed by atoms with E-state index in [2.05, 4.69) is 37.4 Å². The van der Waals surface area contributed by atoms with Crippen molar-refractivity contribution >= 4 is 0 Å². The molecule has 0 atom stereocenters. The van der Waals surface area contributed by atoms with E-state index >= 15 is 0 Å². The fourth-order valence-corrected chi connectivity index (χ4v) is 2.24. The number of rotatable bonds is 4. The van der Waals surface area contributed by atoms with Crippen LogP contribution in [0.25, 0.3) is 0 Å². The molecule has 0 saturated heterocycles. The molecule has 1 aliphatic rings. The van der Waals surface area contributed by atoms with Crippen LogP contribution >= 0.6 is 0 Å². The van der Waals surface area contributed by atoms with Crippen LogP contribution in [0.15, 0.2) is 18.2 Å². The van der Waals surface area contributed by atoms with Crippen LogP contribution in [0.3, 0.4) is 0 Å². The van der Waals surface area contributed by atoms with E-state index in [0.29, 0.717) is 0 Å². The van der Waals surface area contributed by atoms with Gasteiger partial charge in [-0.1, -0.05) is 32.0 Å². The van der Waals surface area contributed by atoms with Crippen molar-refractivity contribution in [2.45, 2.75) is 39.7 Å². The van der Waals surface area contributed by atoms with Crippen LogP contribution in [-0.4, -0.2) is 6.54 Å². The van der Waals surface area contributed by atoms with Crippen molar-refractivity contribution < 1.29 is 0 Å². The van der Waals surface area contributed by atoms with E-state index in [-0.39, 0.29) is 0 Å². The highest BCUT2D eigenvalue weighted by Crippen LogP contribution is 2.22. The Hall–Kier alpha value is -0.820. The first-order chi connectivity index (χ1) is 7.25. The van der Waals surface area contributed by atoms with E-state index in [1.165, 1.54) is 24.8 Å². The van der Waals surface area contributed by atoms with Gasteiger partial charge in [-0.15, -0.1) is 0 Å². The highest BCUT2D eigenvalue weighted by atomic mass is 14.8. The highest BCUT2D eigenvalue weighted by Gasteiger charge is 2.10. The van der Waals surface area contributed by atoms with E-state index in [1.807, 2.05) is 0 Å². The zero-order chi connectivity index (χ0) is 10.7. The second kappa shape index (κ2) is 4.80. The summed E-state index contributed by atoms with van der Waals surface area (Å²) >= 11 is 0. The molecule has 1 aromatic carbocycles. The normalized spacial score (nSPS) is 14.6. The SMILES string of the molecule is CC(C)CNCc1ccc2c(c1)CCC2. The predicted octanol–water partition coefficient (Wildman–Crippen LogP) is 2.92. The van der Waals surface area contributed by atoms with E-state index in [1.54, 1.807) is 11.1 Å². The maximum absolute atomic E-state index is 3.49. The summed E-state index contributed by atoms with van der Waals surface area (Å²) in [6.07, 6.45) is 3.92. The van der Waals surface area contributed by atoms with Crippen LogP contribution < -0.4 is 5.32 Å². The van der Waals surface area contributed by atoms with Gasteiger partial charge >= 0.3 is 0 Å². The van der Waals surface area contributed by atoms with Crippen molar-refractivity contribution in [3.63, 3.8) is 0 Å². The lowest BCUT2D eigenvalue weighted by Gasteiger charge is -2.08. The molecule has 0 saturated carbocycles. The summed E-state index contributed by atoms with van der Waals surface area (Å²) in [7, 11) is 0. The van der Waals surface area contributed by atoms with Crippen LogP contribution in [0.5, 0.6) is 0 Å². The minimum Gasteiger partial charge on any atom is -0.312 e. The third-order valence-corrected chi connectivity index (χ3v) is 3.04. The minimum atomic E-state index is 0.736. The summed E-state index contributed by atoms with van der Waals surface area (Å²) in [5.41, 5.74) is 4.60. The summed E-state index contributed by atoms with van der Waals surface area (Å²) in [5.74, 6) is 0.736. The molecule has 0 amide bonds. The Morgan fingerprint density at radius 2 is 2.00 bits per heavy atom. The molecule has 0 radical (unpaired) electrons. The van der Waals surface area contributed by atoms with Gasteiger partial charge in [-0.25, -0.2) is 0 Å². The van der Waals surface area contributed by atoms with Crippen LogP contribution in [-0.2, 0) is 19.4 Å². The molecular weight excluding hydrogens is 182 g/mol. The second-order valence-corrected chi connectivity index (χ2v) is 4.98. The Morgan fingerprint density at radius 1 is 1.20 bits per heavy atom. The fourth-order valence-electron chi connectivity index (χ4n) is 2.24. The summed E-state index contributed by atoms with van der Waals surface area (Å²) in [5, 5.41) is 3.49. The Bertz CT molecular complexity index is 328. The lowest BCUT2D eigenvalue weighted by Crippen LogP contribution is -2.18. The van der Waals surface area contributed by atoms with Crippen molar-refractivity contribution in [1.82, 2.24) is 5.32 Å². The zero-order valence-corrected chi connectivity index (χ0v) is 9.84. The number of benzene rings is 1. The van der Waals surface area contributed by atoms with Gasteiger partial charge in [-0.3, -0.25) is 0 Å². The van der Waals surface area contributed by atoms with Crippen LogP contribution in [0.4, 0.5) is 0 Å². The largest absolute Gasteiger partial charge is 0.312 e. The molecule has 0 fully saturated rings. The average molecular weight is 203 g/mol. The zero-order valence-electron chi connectivity index (χ0n) is 9.84. The van der Waals surface area contributed by atoms with Crippen molar-refractivity contribution in [2.24, 2.45) is 5.92 Å². The van der Waals surface area contributed by atoms with Gasteiger partial charge in [0.2, 0.25) is 0 Å². The molecule has 1 heteroatoms. The Balaban J connectivity index is 1.92. The Kier molecular flexibility index (Phi) is 3.42. The maximum Gasteiger partial charge on any atom is 0.0205 e. The summed E-state index contributed by atoms with van der Waals surface area (Å²) in [6, 6.07) is 6.97. The summed E-state index contributed by atoms with van der Waals surface area (Å²) < 4.78 is 0. The molecule has 0 bridgehead atoms. The van der Waals surface area contributed by atoms with Gasteiger partial charge in [0.15, 0.2) is 0 Å². The first kappa shape index (κ1) is 10.7. The van der Waals surface area contributed by atoms with E-state index in [9.17, 15) is 0 Å².